The molecule has 0 radical (unpaired) electrons. The number of rotatable bonds is 5. The van der Waals surface area contributed by atoms with Gasteiger partial charge in [0.15, 0.2) is 5.82 Å². The van der Waals surface area contributed by atoms with Crippen molar-refractivity contribution in [3.05, 3.63) is 30.1 Å². The van der Waals surface area contributed by atoms with Gasteiger partial charge in [0.25, 0.3) is 0 Å². The lowest BCUT2D eigenvalue weighted by Gasteiger charge is -2.03. The van der Waals surface area contributed by atoms with Gasteiger partial charge in [-0.2, -0.15) is 5.10 Å². The monoisotopic (exact) mass is 261 g/mol. The van der Waals surface area contributed by atoms with Gasteiger partial charge < -0.3 is 9.47 Å². The Morgan fingerprint density at radius 3 is 2.89 bits per heavy atom. The molecule has 6 nitrogen and oxygen atoms in total. The first kappa shape index (κ1) is 13.1. The van der Waals surface area contributed by atoms with Crippen LogP contribution in [0, 0.1) is 0 Å². The number of methoxy groups -OCH3 is 1. The fourth-order valence-corrected chi connectivity index (χ4v) is 1.67. The second-order valence-corrected chi connectivity index (χ2v) is 3.79. The number of esters is 1. The molecule has 0 aliphatic rings. The van der Waals surface area contributed by atoms with Crippen LogP contribution in [-0.2, 0) is 16.0 Å². The molecule has 0 fully saturated rings. The number of carbonyl (C=O) groups excluding carboxylic acids is 1. The Morgan fingerprint density at radius 2 is 2.16 bits per heavy atom. The van der Waals surface area contributed by atoms with E-state index >= 15 is 0 Å². The molecule has 1 aromatic carbocycles. The van der Waals surface area contributed by atoms with Gasteiger partial charge in [0, 0.05) is 0 Å². The van der Waals surface area contributed by atoms with Crippen LogP contribution in [-0.4, -0.2) is 34.9 Å². The van der Waals surface area contributed by atoms with Gasteiger partial charge in [-0.25, -0.2) is 4.98 Å². The second-order valence-electron chi connectivity index (χ2n) is 3.79. The van der Waals surface area contributed by atoms with Crippen LogP contribution >= 0.6 is 0 Å². The molecule has 2 rings (SSSR count). The maximum Gasteiger partial charge on any atom is 0.313 e. The highest BCUT2D eigenvalue weighted by atomic mass is 16.5. The molecule has 0 bridgehead atoms. The van der Waals surface area contributed by atoms with E-state index in [1.54, 1.807) is 14.0 Å². The number of hydrogen-bond donors (Lipinski definition) is 1. The standard InChI is InChI=1S/C13H15N3O3/c1-3-19-12(17)8-11-14-13(16-15-11)9-6-4-5-7-10(9)18-2/h4-7H,3,8H2,1-2H3,(H,14,15,16). The molecule has 0 saturated heterocycles. The van der Waals surface area contributed by atoms with E-state index in [1.807, 2.05) is 24.3 Å². The van der Waals surface area contributed by atoms with Crippen molar-refractivity contribution >= 4 is 5.97 Å². The van der Waals surface area contributed by atoms with Gasteiger partial charge in [0.05, 0.1) is 19.3 Å². The van der Waals surface area contributed by atoms with Gasteiger partial charge in [0.2, 0.25) is 0 Å². The predicted octanol–water partition coefficient (Wildman–Crippen LogP) is 1.59. The molecule has 0 aliphatic heterocycles. The summed E-state index contributed by atoms with van der Waals surface area (Å²) >= 11 is 0. The summed E-state index contributed by atoms with van der Waals surface area (Å²) in [6.45, 7) is 2.12. The number of benzene rings is 1. The van der Waals surface area contributed by atoms with Crippen molar-refractivity contribution < 1.29 is 14.3 Å². The summed E-state index contributed by atoms with van der Waals surface area (Å²) in [5.41, 5.74) is 0.774. The van der Waals surface area contributed by atoms with Crippen molar-refractivity contribution in [1.29, 1.82) is 0 Å². The Kier molecular flexibility index (Phi) is 4.12. The first-order valence-corrected chi connectivity index (χ1v) is 5.95. The van der Waals surface area contributed by atoms with Crippen LogP contribution in [0.15, 0.2) is 24.3 Å². The van der Waals surface area contributed by atoms with Crippen molar-refractivity contribution in [3.63, 3.8) is 0 Å². The van der Waals surface area contributed by atoms with Crippen molar-refractivity contribution in [2.24, 2.45) is 0 Å². The lowest BCUT2D eigenvalue weighted by atomic mass is 10.2. The molecule has 19 heavy (non-hydrogen) atoms. The van der Waals surface area contributed by atoms with Crippen LogP contribution in [0.4, 0.5) is 0 Å². The summed E-state index contributed by atoms with van der Waals surface area (Å²) in [6.07, 6.45) is 0.0794. The number of hydrogen-bond acceptors (Lipinski definition) is 5. The molecule has 1 aromatic heterocycles. The van der Waals surface area contributed by atoms with E-state index in [-0.39, 0.29) is 12.4 Å². The zero-order valence-electron chi connectivity index (χ0n) is 10.8. The smallest absolute Gasteiger partial charge is 0.313 e. The molecule has 1 N–H and O–H groups in total. The number of ether oxygens (including phenoxy) is 2. The Hall–Kier alpha value is -2.37. The van der Waals surface area contributed by atoms with Gasteiger partial charge >= 0.3 is 5.97 Å². The number of para-hydroxylation sites is 1. The average molecular weight is 261 g/mol. The molecule has 0 aliphatic carbocycles. The van der Waals surface area contributed by atoms with Crippen molar-refractivity contribution in [2.75, 3.05) is 13.7 Å². The number of nitrogens with zero attached hydrogens (tertiary/aromatic N) is 2. The lowest BCUT2D eigenvalue weighted by Crippen LogP contribution is -2.08. The zero-order valence-corrected chi connectivity index (χ0v) is 10.8. The topological polar surface area (TPSA) is 77.1 Å². The highest BCUT2D eigenvalue weighted by Crippen LogP contribution is 2.26. The van der Waals surface area contributed by atoms with E-state index in [2.05, 4.69) is 15.2 Å². The summed E-state index contributed by atoms with van der Waals surface area (Å²) in [7, 11) is 1.59. The molecule has 0 saturated carbocycles. The van der Waals surface area contributed by atoms with Gasteiger partial charge in [-0.15, -0.1) is 0 Å². The SMILES string of the molecule is CCOC(=O)Cc1nc(-c2ccccc2OC)n[nH]1. The average Bonchev–Trinajstić information content (AvgIpc) is 2.87. The Balaban J connectivity index is 2.19. The van der Waals surface area contributed by atoms with Crippen LogP contribution in [0.1, 0.15) is 12.7 Å². The molecule has 6 heteroatoms. The van der Waals surface area contributed by atoms with Crippen LogP contribution in [0.3, 0.4) is 0 Å². The fraction of sp³-hybridized carbons (Fsp3) is 0.308. The van der Waals surface area contributed by atoms with Crippen molar-refractivity contribution in [3.8, 4) is 17.1 Å². The molecule has 1 heterocycles. The maximum absolute atomic E-state index is 11.3. The van der Waals surface area contributed by atoms with E-state index < -0.39 is 0 Å². The maximum atomic E-state index is 11.3. The number of aromatic nitrogens is 3. The number of nitrogens with one attached hydrogen (secondary N) is 1. The van der Waals surface area contributed by atoms with E-state index in [0.717, 1.165) is 5.56 Å². The van der Waals surface area contributed by atoms with Gasteiger partial charge in [-0.1, -0.05) is 12.1 Å². The first-order valence-electron chi connectivity index (χ1n) is 5.95. The second kappa shape index (κ2) is 5.99. The first-order chi connectivity index (χ1) is 9.24. The minimum atomic E-state index is -0.328. The number of aromatic amines is 1. The van der Waals surface area contributed by atoms with Gasteiger partial charge in [0.1, 0.15) is 18.0 Å². The summed E-state index contributed by atoms with van der Waals surface area (Å²) in [6, 6.07) is 7.43. The number of H-pyrrole nitrogens is 1. The summed E-state index contributed by atoms with van der Waals surface area (Å²) < 4.78 is 10.1. The third-order valence-corrected chi connectivity index (χ3v) is 2.50. The summed E-state index contributed by atoms with van der Waals surface area (Å²) in [5.74, 6) is 1.32. The molecule has 0 spiro atoms. The van der Waals surface area contributed by atoms with Crippen LogP contribution in [0.2, 0.25) is 0 Å². The van der Waals surface area contributed by atoms with Crippen LogP contribution in [0.25, 0.3) is 11.4 Å². The van der Waals surface area contributed by atoms with Gasteiger partial charge in [-0.05, 0) is 19.1 Å². The van der Waals surface area contributed by atoms with E-state index in [9.17, 15) is 4.79 Å². The Morgan fingerprint density at radius 1 is 1.37 bits per heavy atom. The molecular weight excluding hydrogens is 246 g/mol. The van der Waals surface area contributed by atoms with Gasteiger partial charge in [-0.3, -0.25) is 9.89 Å². The number of carbonyl (C=O) groups is 1. The third kappa shape index (κ3) is 3.09. The molecule has 0 amide bonds. The lowest BCUT2D eigenvalue weighted by molar-refractivity contribution is -0.142. The minimum absolute atomic E-state index is 0.0794. The summed E-state index contributed by atoms with van der Waals surface area (Å²) in [5, 5.41) is 6.81. The molecule has 0 atom stereocenters. The Labute approximate surface area is 110 Å². The Bertz CT molecular complexity index is 566. The third-order valence-electron chi connectivity index (χ3n) is 2.50. The van der Waals surface area contributed by atoms with E-state index in [1.165, 1.54) is 0 Å². The zero-order chi connectivity index (χ0) is 13.7. The highest BCUT2D eigenvalue weighted by Gasteiger charge is 2.13. The van der Waals surface area contributed by atoms with E-state index in [4.69, 9.17) is 9.47 Å². The highest BCUT2D eigenvalue weighted by molar-refractivity contribution is 5.72. The fourth-order valence-electron chi connectivity index (χ4n) is 1.67. The molecule has 100 valence electrons. The summed E-state index contributed by atoms with van der Waals surface area (Å²) in [4.78, 5) is 15.6. The van der Waals surface area contributed by atoms with Crippen molar-refractivity contribution in [2.45, 2.75) is 13.3 Å². The van der Waals surface area contributed by atoms with Crippen LogP contribution in [0.5, 0.6) is 5.75 Å². The normalized spacial score (nSPS) is 10.2. The predicted molar refractivity (Wildman–Crippen MR) is 68.7 cm³/mol. The molecular formula is C13H15N3O3. The van der Waals surface area contributed by atoms with E-state index in [0.29, 0.717) is 24.0 Å². The van der Waals surface area contributed by atoms with Crippen LogP contribution < -0.4 is 4.74 Å². The quantitative estimate of drug-likeness (QED) is 0.827. The molecule has 0 unspecified atom stereocenters. The van der Waals surface area contributed by atoms with Crippen molar-refractivity contribution in [1.82, 2.24) is 15.2 Å². The minimum Gasteiger partial charge on any atom is -0.496 e. The molecule has 2 aromatic rings. The largest absolute Gasteiger partial charge is 0.496 e.